The molecule has 1 unspecified atom stereocenters. The molecular weight excluding hydrogens is 362 g/mol. The minimum absolute atomic E-state index is 0.247. The van der Waals surface area contributed by atoms with Crippen LogP contribution in [0.2, 0.25) is 0 Å². The Bertz CT molecular complexity index is 659. The highest BCUT2D eigenvalue weighted by molar-refractivity contribution is 9.10. The lowest BCUT2D eigenvalue weighted by molar-refractivity contribution is 0.181. The van der Waals surface area contributed by atoms with Crippen molar-refractivity contribution in [3.05, 3.63) is 21.0 Å². The zero-order chi connectivity index (χ0) is 15.5. The van der Waals surface area contributed by atoms with Gasteiger partial charge in [-0.15, -0.1) is 0 Å². The Hall–Kier alpha value is -0.930. The number of aromatic nitrogens is 2. The van der Waals surface area contributed by atoms with Crippen molar-refractivity contribution in [1.29, 1.82) is 0 Å². The first-order chi connectivity index (χ1) is 9.95. The van der Waals surface area contributed by atoms with Gasteiger partial charge in [-0.1, -0.05) is 0 Å². The number of sulfone groups is 1. The zero-order valence-electron chi connectivity index (χ0n) is 11.7. The summed E-state index contributed by atoms with van der Waals surface area (Å²) in [5, 5.41) is 6.65. The van der Waals surface area contributed by atoms with Crippen molar-refractivity contribution >= 4 is 31.5 Å². The quantitative estimate of drug-likeness (QED) is 0.779. The number of ether oxygens (including phenoxy) is 1. The lowest BCUT2D eigenvalue weighted by Gasteiger charge is -2.13. The molecule has 7 nitrogen and oxygen atoms in total. The van der Waals surface area contributed by atoms with Crippen molar-refractivity contribution in [3.8, 4) is 0 Å². The van der Waals surface area contributed by atoms with Crippen LogP contribution in [0.25, 0.3) is 0 Å². The van der Waals surface area contributed by atoms with Crippen LogP contribution in [0.4, 0.5) is 5.69 Å². The highest BCUT2D eigenvalue weighted by Crippen LogP contribution is 2.22. The number of methoxy groups -OCH3 is 1. The van der Waals surface area contributed by atoms with E-state index in [9.17, 15) is 13.2 Å². The van der Waals surface area contributed by atoms with Gasteiger partial charge >= 0.3 is 0 Å². The van der Waals surface area contributed by atoms with E-state index >= 15 is 0 Å². The fraction of sp³-hybridized carbons (Fsp3) is 0.667. The summed E-state index contributed by atoms with van der Waals surface area (Å²) in [5.74, 6) is 0.247. The summed E-state index contributed by atoms with van der Waals surface area (Å²) in [4.78, 5) is 12.1. The van der Waals surface area contributed by atoms with Crippen molar-refractivity contribution in [1.82, 2.24) is 9.78 Å². The largest absolute Gasteiger partial charge is 0.383 e. The van der Waals surface area contributed by atoms with Crippen LogP contribution in [0.5, 0.6) is 0 Å². The molecule has 0 bridgehead atoms. The normalized spacial score (nSPS) is 20.6. The molecule has 1 aromatic heterocycles. The van der Waals surface area contributed by atoms with E-state index < -0.39 is 9.84 Å². The van der Waals surface area contributed by atoms with Gasteiger partial charge in [0.25, 0.3) is 5.56 Å². The third-order valence-electron chi connectivity index (χ3n) is 3.48. The molecule has 1 atom stereocenters. The molecule has 0 amide bonds. The SMILES string of the molecule is COCCn1ncc(NCC2CCCS2(=O)=O)c(Br)c1=O. The molecule has 2 heterocycles. The van der Waals surface area contributed by atoms with E-state index in [1.807, 2.05) is 0 Å². The average molecular weight is 380 g/mol. The monoisotopic (exact) mass is 379 g/mol. The maximum atomic E-state index is 12.1. The molecule has 1 saturated heterocycles. The van der Waals surface area contributed by atoms with Crippen LogP contribution < -0.4 is 10.9 Å². The van der Waals surface area contributed by atoms with Gasteiger partial charge in [0.1, 0.15) is 4.47 Å². The van der Waals surface area contributed by atoms with E-state index in [4.69, 9.17) is 4.74 Å². The van der Waals surface area contributed by atoms with Crippen LogP contribution in [-0.4, -0.2) is 49.5 Å². The average Bonchev–Trinajstić information content (AvgIpc) is 2.78. The minimum atomic E-state index is -3.00. The molecule has 0 radical (unpaired) electrons. The first kappa shape index (κ1) is 16.4. The molecule has 0 saturated carbocycles. The van der Waals surface area contributed by atoms with E-state index in [-0.39, 0.29) is 16.6 Å². The summed E-state index contributed by atoms with van der Waals surface area (Å²) < 4.78 is 30.1. The molecular formula is C12H18BrN3O4S. The number of rotatable bonds is 6. The summed E-state index contributed by atoms with van der Waals surface area (Å²) in [6.07, 6.45) is 2.88. The van der Waals surface area contributed by atoms with E-state index in [1.165, 1.54) is 10.9 Å². The second kappa shape index (κ2) is 6.89. The Morgan fingerprint density at radius 3 is 2.95 bits per heavy atom. The van der Waals surface area contributed by atoms with Gasteiger partial charge in [0, 0.05) is 13.7 Å². The van der Waals surface area contributed by atoms with Crippen molar-refractivity contribution in [3.63, 3.8) is 0 Å². The van der Waals surface area contributed by atoms with Crippen LogP contribution >= 0.6 is 15.9 Å². The van der Waals surface area contributed by atoms with Crippen LogP contribution in [0.1, 0.15) is 12.8 Å². The topological polar surface area (TPSA) is 90.3 Å². The number of hydrogen-bond acceptors (Lipinski definition) is 6. The second-order valence-electron chi connectivity index (χ2n) is 4.91. The van der Waals surface area contributed by atoms with Crippen molar-refractivity contribution in [2.75, 3.05) is 31.3 Å². The Kier molecular flexibility index (Phi) is 5.39. The van der Waals surface area contributed by atoms with Gasteiger partial charge in [0.2, 0.25) is 0 Å². The molecule has 9 heteroatoms. The lowest BCUT2D eigenvalue weighted by Crippen LogP contribution is -2.29. The molecule has 2 rings (SSSR count). The van der Waals surface area contributed by atoms with E-state index in [0.29, 0.717) is 42.7 Å². The predicted octanol–water partition coefficient (Wildman–Crippen LogP) is 0.641. The molecule has 0 aliphatic carbocycles. The van der Waals surface area contributed by atoms with Crippen LogP contribution in [0.15, 0.2) is 15.5 Å². The van der Waals surface area contributed by atoms with Crippen LogP contribution in [-0.2, 0) is 21.1 Å². The summed E-state index contributed by atoms with van der Waals surface area (Å²) in [6.45, 7) is 1.06. The molecule has 0 spiro atoms. The Labute approximate surface area is 131 Å². The number of nitrogens with zero attached hydrogens (tertiary/aromatic N) is 2. The molecule has 21 heavy (non-hydrogen) atoms. The van der Waals surface area contributed by atoms with Gasteiger partial charge in [0.05, 0.1) is 36.0 Å². The number of hydrogen-bond donors (Lipinski definition) is 1. The summed E-state index contributed by atoms with van der Waals surface area (Å²) in [7, 11) is -1.44. The van der Waals surface area contributed by atoms with E-state index in [2.05, 4.69) is 26.3 Å². The highest BCUT2D eigenvalue weighted by Gasteiger charge is 2.31. The van der Waals surface area contributed by atoms with E-state index in [1.54, 1.807) is 7.11 Å². The van der Waals surface area contributed by atoms with Gasteiger partial charge in [-0.05, 0) is 28.8 Å². The van der Waals surface area contributed by atoms with E-state index in [0.717, 1.165) is 0 Å². The predicted molar refractivity (Wildman–Crippen MR) is 83.4 cm³/mol. The Morgan fingerprint density at radius 2 is 2.33 bits per heavy atom. The smallest absolute Gasteiger partial charge is 0.283 e. The third kappa shape index (κ3) is 3.83. The fourth-order valence-corrected chi connectivity index (χ4v) is 4.45. The molecule has 1 aliphatic heterocycles. The maximum Gasteiger partial charge on any atom is 0.283 e. The molecule has 0 aromatic carbocycles. The maximum absolute atomic E-state index is 12.1. The van der Waals surface area contributed by atoms with Crippen molar-refractivity contribution in [2.24, 2.45) is 0 Å². The highest BCUT2D eigenvalue weighted by atomic mass is 79.9. The number of halogens is 1. The van der Waals surface area contributed by atoms with Gasteiger partial charge in [-0.3, -0.25) is 4.79 Å². The standard InChI is InChI=1S/C12H18BrN3O4S/c1-20-5-4-16-12(17)11(13)10(8-15-16)14-7-9-3-2-6-21(9,18)19/h8-9,14H,2-7H2,1H3. The van der Waals surface area contributed by atoms with Crippen molar-refractivity contribution < 1.29 is 13.2 Å². The summed E-state index contributed by atoms with van der Waals surface area (Å²) in [6, 6.07) is 0. The van der Waals surface area contributed by atoms with Crippen molar-refractivity contribution in [2.45, 2.75) is 24.6 Å². The summed E-state index contributed by atoms with van der Waals surface area (Å²) >= 11 is 3.23. The fourth-order valence-electron chi connectivity index (χ4n) is 2.24. The first-order valence-corrected chi connectivity index (χ1v) is 9.16. The zero-order valence-corrected chi connectivity index (χ0v) is 14.1. The van der Waals surface area contributed by atoms with Crippen LogP contribution in [0.3, 0.4) is 0 Å². The molecule has 1 aliphatic rings. The Balaban J connectivity index is 2.08. The molecule has 1 fully saturated rings. The first-order valence-electron chi connectivity index (χ1n) is 6.65. The number of nitrogens with one attached hydrogen (secondary N) is 1. The van der Waals surface area contributed by atoms with Gasteiger partial charge in [0.15, 0.2) is 9.84 Å². The second-order valence-corrected chi connectivity index (χ2v) is 8.10. The minimum Gasteiger partial charge on any atom is -0.383 e. The molecule has 1 N–H and O–H groups in total. The lowest BCUT2D eigenvalue weighted by atomic mass is 10.2. The molecule has 1 aromatic rings. The van der Waals surface area contributed by atoms with Gasteiger partial charge < -0.3 is 10.1 Å². The van der Waals surface area contributed by atoms with Gasteiger partial charge in [-0.2, -0.15) is 5.10 Å². The Morgan fingerprint density at radius 1 is 1.57 bits per heavy atom. The number of anilines is 1. The summed E-state index contributed by atoms with van der Waals surface area (Å²) in [5.41, 5.74) is 0.238. The molecule has 118 valence electrons. The van der Waals surface area contributed by atoms with Crippen LogP contribution in [0, 0.1) is 0 Å². The van der Waals surface area contributed by atoms with Gasteiger partial charge in [-0.25, -0.2) is 13.1 Å². The third-order valence-corrected chi connectivity index (χ3v) is 6.52.